The number of rotatable bonds is 3. The molecule has 114 valence electrons. The lowest BCUT2D eigenvalue weighted by Gasteiger charge is -2.34. The molecule has 1 aliphatic heterocycles. The fraction of sp³-hybridized carbons (Fsp3) is 0.667. The van der Waals surface area contributed by atoms with Crippen LogP contribution in [0.15, 0.2) is 4.52 Å². The van der Waals surface area contributed by atoms with E-state index in [-0.39, 0.29) is 24.3 Å². The lowest BCUT2D eigenvalue weighted by Crippen LogP contribution is -2.45. The number of aryl methyl sites for hydroxylation is 1. The SMILES string of the molecule is NC(=O)C[C@H]1CCCCN1C(=O)c1noc2c1CCCC2. The van der Waals surface area contributed by atoms with Gasteiger partial charge in [-0.2, -0.15) is 0 Å². The fourth-order valence-corrected chi connectivity index (χ4v) is 3.40. The van der Waals surface area contributed by atoms with Crippen LogP contribution in [0, 0.1) is 0 Å². The minimum absolute atomic E-state index is 0.0975. The van der Waals surface area contributed by atoms with Gasteiger partial charge in [0.15, 0.2) is 5.69 Å². The first kappa shape index (κ1) is 14.1. The molecule has 1 aliphatic carbocycles. The first-order valence-corrected chi connectivity index (χ1v) is 7.73. The van der Waals surface area contributed by atoms with Crippen molar-refractivity contribution in [3.8, 4) is 0 Å². The number of nitrogens with two attached hydrogens (primary N) is 1. The standard InChI is InChI=1S/C15H21N3O3/c16-13(19)9-10-5-3-4-8-18(10)15(20)14-11-6-1-2-7-12(11)21-17-14/h10H,1-9H2,(H2,16,19)/t10-/m1/s1. The second kappa shape index (κ2) is 5.87. The van der Waals surface area contributed by atoms with E-state index >= 15 is 0 Å². The van der Waals surface area contributed by atoms with Gasteiger partial charge < -0.3 is 15.2 Å². The van der Waals surface area contributed by atoms with Crippen LogP contribution in [0.3, 0.4) is 0 Å². The second-order valence-electron chi connectivity index (χ2n) is 5.96. The highest BCUT2D eigenvalue weighted by Crippen LogP contribution is 2.27. The molecule has 2 N–H and O–H groups in total. The van der Waals surface area contributed by atoms with Crippen LogP contribution in [-0.4, -0.2) is 34.5 Å². The summed E-state index contributed by atoms with van der Waals surface area (Å²) < 4.78 is 5.33. The van der Waals surface area contributed by atoms with Crippen LogP contribution >= 0.6 is 0 Å². The van der Waals surface area contributed by atoms with Gasteiger partial charge in [-0.15, -0.1) is 0 Å². The zero-order valence-electron chi connectivity index (χ0n) is 12.1. The Hall–Kier alpha value is -1.85. The molecule has 1 atom stereocenters. The van der Waals surface area contributed by atoms with Crippen LogP contribution in [0.4, 0.5) is 0 Å². The van der Waals surface area contributed by atoms with E-state index in [1.54, 1.807) is 4.90 Å². The van der Waals surface area contributed by atoms with Crippen molar-refractivity contribution in [2.45, 2.75) is 57.4 Å². The Labute approximate surface area is 123 Å². The predicted molar refractivity (Wildman–Crippen MR) is 75.6 cm³/mol. The van der Waals surface area contributed by atoms with Crippen molar-refractivity contribution in [3.05, 3.63) is 17.0 Å². The summed E-state index contributed by atoms with van der Waals surface area (Å²) in [6.07, 6.45) is 6.91. The minimum atomic E-state index is -0.359. The molecule has 0 radical (unpaired) electrons. The van der Waals surface area contributed by atoms with Crippen LogP contribution < -0.4 is 5.73 Å². The van der Waals surface area contributed by atoms with Gasteiger partial charge in [0, 0.05) is 31.0 Å². The molecular formula is C15H21N3O3. The number of piperidine rings is 1. The Morgan fingerprint density at radius 3 is 2.86 bits per heavy atom. The molecule has 21 heavy (non-hydrogen) atoms. The Balaban J connectivity index is 1.82. The largest absolute Gasteiger partial charge is 0.370 e. The van der Waals surface area contributed by atoms with E-state index in [9.17, 15) is 9.59 Å². The summed E-state index contributed by atoms with van der Waals surface area (Å²) in [7, 11) is 0. The van der Waals surface area contributed by atoms with E-state index in [1.165, 1.54) is 0 Å². The van der Waals surface area contributed by atoms with E-state index in [1.807, 2.05) is 0 Å². The van der Waals surface area contributed by atoms with Crippen LogP contribution in [-0.2, 0) is 17.6 Å². The van der Waals surface area contributed by atoms with Crippen molar-refractivity contribution in [2.24, 2.45) is 5.73 Å². The topological polar surface area (TPSA) is 89.4 Å². The van der Waals surface area contributed by atoms with Gasteiger partial charge in [0.2, 0.25) is 5.91 Å². The molecule has 6 heteroatoms. The van der Waals surface area contributed by atoms with Crippen LogP contribution in [0.2, 0.25) is 0 Å². The highest BCUT2D eigenvalue weighted by Gasteiger charge is 2.33. The van der Waals surface area contributed by atoms with E-state index < -0.39 is 0 Å². The molecular weight excluding hydrogens is 270 g/mol. The number of primary amides is 1. The number of carbonyl (C=O) groups is 2. The molecule has 1 aromatic rings. The van der Waals surface area contributed by atoms with Gasteiger partial charge in [0.25, 0.3) is 5.91 Å². The summed E-state index contributed by atoms with van der Waals surface area (Å²) in [5, 5.41) is 4.00. The third-order valence-corrected chi connectivity index (χ3v) is 4.48. The third-order valence-electron chi connectivity index (χ3n) is 4.48. The number of fused-ring (bicyclic) bond motifs is 1. The zero-order valence-corrected chi connectivity index (χ0v) is 12.1. The Bertz CT molecular complexity index is 552. The van der Waals surface area contributed by atoms with Gasteiger partial charge in [-0.1, -0.05) is 5.16 Å². The van der Waals surface area contributed by atoms with Gasteiger partial charge >= 0.3 is 0 Å². The van der Waals surface area contributed by atoms with Crippen molar-refractivity contribution in [1.29, 1.82) is 0 Å². The van der Waals surface area contributed by atoms with Gasteiger partial charge in [-0.3, -0.25) is 9.59 Å². The average Bonchev–Trinajstić information content (AvgIpc) is 2.90. The maximum atomic E-state index is 12.8. The van der Waals surface area contributed by atoms with Crippen molar-refractivity contribution < 1.29 is 14.1 Å². The predicted octanol–water partition coefficient (Wildman–Crippen LogP) is 1.42. The summed E-state index contributed by atoms with van der Waals surface area (Å²) in [6.45, 7) is 0.665. The molecule has 2 aliphatic rings. The van der Waals surface area contributed by atoms with E-state index in [4.69, 9.17) is 10.3 Å². The quantitative estimate of drug-likeness (QED) is 0.912. The average molecular weight is 291 g/mol. The molecule has 0 bridgehead atoms. The summed E-state index contributed by atoms with van der Waals surface area (Å²) in [5.41, 5.74) is 6.72. The smallest absolute Gasteiger partial charge is 0.276 e. The zero-order chi connectivity index (χ0) is 14.8. The number of hydrogen-bond acceptors (Lipinski definition) is 4. The number of hydrogen-bond donors (Lipinski definition) is 1. The summed E-state index contributed by atoms with van der Waals surface area (Å²) >= 11 is 0. The first-order valence-electron chi connectivity index (χ1n) is 7.73. The van der Waals surface area contributed by atoms with Crippen molar-refractivity contribution in [3.63, 3.8) is 0 Å². The van der Waals surface area contributed by atoms with E-state index in [0.29, 0.717) is 12.2 Å². The number of nitrogens with zero attached hydrogens (tertiary/aromatic N) is 2. The van der Waals surface area contributed by atoms with Gasteiger partial charge in [-0.05, 0) is 38.5 Å². The molecule has 1 fully saturated rings. The monoisotopic (exact) mass is 291 g/mol. The minimum Gasteiger partial charge on any atom is -0.370 e. The number of carbonyl (C=O) groups excluding carboxylic acids is 2. The third kappa shape index (κ3) is 2.80. The van der Waals surface area contributed by atoms with E-state index in [2.05, 4.69) is 5.16 Å². The summed E-state index contributed by atoms with van der Waals surface area (Å²) in [5.74, 6) is 0.391. The summed E-state index contributed by atoms with van der Waals surface area (Å²) in [6, 6.07) is -0.0975. The summed E-state index contributed by atoms with van der Waals surface area (Å²) in [4.78, 5) is 25.7. The highest BCUT2D eigenvalue weighted by molar-refractivity contribution is 5.94. The highest BCUT2D eigenvalue weighted by atomic mass is 16.5. The van der Waals surface area contributed by atoms with E-state index in [0.717, 1.165) is 56.3 Å². The van der Waals surface area contributed by atoms with Crippen LogP contribution in [0.1, 0.15) is 60.3 Å². The molecule has 0 aromatic carbocycles. The molecule has 2 heterocycles. The number of aromatic nitrogens is 1. The van der Waals surface area contributed by atoms with Gasteiger partial charge in [-0.25, -0.2) is 0 Å². The molecule has 6 nitrogen and oxygen atoms in total. The maximum Gasteiger partial charge on any atom is 0.276 e. The van der Waals surface area contributed by atoms with Gasteiger partial charge in [0.05, 0.1) is 0 Å². The Morgan fingerprint density at radius 1 is 1.24 bits per heavy atom. The van der Waals surface area contributed by atoms with Crippen molar-refractivity contribution >= 4 is 11.8 Å². The lowest BCUT2D eigenvalue weighted by molar-refractivity contribution is -0.119. The van der Waals surface area contributed by atoms with Crippen molar-refractivity contribution in [2.75, 3.05) is 6.54 Å². The molecule has 1 aromatic heterocycles. The number of amides is 2. The first-order chi connectivity index (χ1) is 10.2. The molecule has 0 saturated carbocycles. The molecule has 0 unspecified atom stereocenters. The maximum absolute atomic E-state index is 12.8. The molecule has 3 rings (SSSR count). The fourth-order valence-electron chi connectivity index (χ4n) is 3.40. The molecule has 2 amide bonds. The number of likely N-dealkylation sites (tertiary alicyclic amines) is 1. The van der Waals surface area contributed by atoms with Crippen LogP contribution in [0.5, 0.6) is 0 Å². The Morgan fingerprint density at radius 2 is 2.05 bits per heavy atom. The molecule has 0 spiro atoms. The van der Waals surface area contributed by atoms with Crippen molar-refractivity contribution in [1.82, 2.24) is 10.1 Å². The van der Waals surface area contributed by atoms with Crippen LogP contribution in [0.25, 0.3) is 0 Å². The Kier molecular flexibility index (Phi) is 3.94. The molecule has 1 saturated heterocycles. The normalized spacial score (nSPS) is 21.9. The lowest BCUT2D eigenvalue weighted by atomic mass is 9.94. The van der Waals surface area contributed by atoms with Gasteiger partial charge in [0.1, 0.15) is 5.76 Å². The second-order valence-corrected chi connectivity index (χ2v) is 5.96.